The highest BCUT2D eigenvalue weighted by atomic mass is 32.2. The molecule has 0 spiro atoms. The van der Waals surface area contributed by atoms with Crippen molar-refractivity contribution >= 4 is 22.8 Å². The molecule has 0 aliphatic heterocycles. The van der Waals surface area contributed by atoms with E-state index in [9.17, 15) is 0 Å². The minimum atomic E-state index is -0.0596. The lowest BCUT2D eigenvalue weighted by Gasteiger charge is -2.22. The lowest BCUT2D eigenvalue weighted by Crippen LogP contribution is -2.27. The molecule has 5 heteroatoms. The number of thioether (sulfide) groups is 1. The van der Waals surface area contributed by atoms with Crippen molar-refractivity contribution in [3.8, 4) is 17.1 Å². The number of fused-ring (bicyclic) bond motifs is 1. The van der Waals surface area contributed by atoms with Crippen LogP contribution in [0.15, 0.2) is 41.3 Å². The molecule has 2 aromatic carbocycles. The van der Waals surface area contributed by atoms with Crippen LogP contribution in [0.4, 0.5) is 0 Å². The van der Waals surface area contributed by atoms with E-state index in [4.69, 9.17) is 15.5 Å². The lowest BCUT2D eigenvalue weighted by molar-refractivity contribution is 0.416. The molecular formula is C19H23N3OS. The SMILES string of the molecule is COc1ccc(SC)cc1-c1nc2ccc(C(C)(C)CN)cc2[nH]1. The summed E-state index contributed by atoms with van der Waals surface area (Å²) in [4.78, 5) is 9.35. The molecule has 0 fully saturated rings. The lowest BCUT2D eigenvalue weighted by atomic mass is 9.85. The van der Waals surface area contributed by atoms with Gasteiger partial charge in [-0.2, -0.15) is 0 Å². The fraction of sp³-hybridized carbons (Fsp3) is 0.316. The predicted molar refractivity (Wildman–Crippen MR) is 102 cm³/mol. The Kier molecular flexibility index (Phi) is 4.56. The quantitative estimate of drug-likeness (QED) is 0.683. The monoisotopic (exact) mass is 341 g/mol. The fourth-order valence-electron chi connectivity index (χ4n) is 2.68. The minimum Gasteiger partial charge on any atom is -0.496 e. The molecule has 0 aliphatic carbocycles. The first-order chi connectivity index (χ1) is 11.5. The number of H-pyrrole nitrogens is 1. The maximum Gasteiger partial charge on any atom is 0.142 e. The van der Waals surface area contributed by atoms with E-state index >= 15 is 0 Å². The molecule has 0 saturated carbocycles. The predicted octanol–water partition coefficient (Wildman–Crippen LogP) is 4.20. The maximum atomic E-state index is 5.90. The summed E-state index contributed by atoms with van der Waals surface area (Å²) in [5, 5.41) is 0. The first kappa shape index (κ1) is 16.9. The van der Waals surface area contributed by atoms with Gasteiger partial charge < -0.3 is 15.5 Å². The topological polar surface area (TPSA) is 63.9 Å². The highest BCUT2D eigenvalue weighted by Crippen LogP contribution is 2.33. The number of ether oxygens (including phenoxy) is 1. The van der Waals surface area contributed by atoms with Crippen LogP contribution in [-0.4, -0.2) is 29.9 Å². The van der Waals surface area contributed by atoms with Gasteiger partial charge in [0.05, 0.1) is 23.7 Å². The van der Waals surface area contributed by atoms with Crippen LogP contribution in [0, 0.1) is 0 Å². The summed E-state index contributed by atoms with van der Waals surface area (Å²) in [7, 11) is 1.68. The highest BCUT2D eigenvalue weighted by Gasteiger charge is 2.20. The number of nitrogens with two attached hydrogens (primary N) is 1. The second kappa shape index (κ2) is 6.49. The van der Waals surface area contributed by atoms with E-state index in [1.165, 1.54) is 10.5 Å². The van der Waals surface area contributed by atoms with E-state index in [1.807, 2.05) is 12.1 Å². The third kappa shape index (κ3) is 3.01. The number of benzene rings is 2. The number of aromatic nitrogens is 2. The summed E-state index contributed by atoms with van der Waals surface area (Å²) in [5.41, 5.74) is 9.98. The molecule has 0 radical (unpaired) electrons. The molecule has 3 N–H and O–H groups in total. The number of nitrogens with one attached hydrogen (secondary N) is 1. The van der Waals surface area contributed by atoms with Gasteiger partial charge in [-0.05, 0) is 42.2 Å². The van der Waals surface area contributed by atoms with Gasteiger partial charge in [0.15, 0.2) is 0 Å². The van der Waals surface area contributed by atoms with Crippen LogP contribution in [0.1, 0.15) is 19.4 Å². The highest BCUT2D eigenvalue weighted by molar-refractivity contribution is 7.98. The van der Waals surface area contributed by atoms with Gasteiger partial charge in [0.1, 0.15) is 11.6 Å². The van der Waals surface area contributed by atoms with Gasteiger partial charge >= 0.3 is 0 Å². The van der Waals surface area contributed by atoms with Gasteiger partial charge in [-0.1, -0.05) is 19.9 Å². The van der Waals surface area contributed by atoms with Gasteiger partial charge in [-0.15, -0.1) is 11.8 Å². The van der Waals surface area contributed by atoms with Crippen LogP contribution in [-0.2, 0) is 5.41 Å². The van der Waals surface area contributed by atoms with Crippen molar-refractivity contribution < 1.29 is 4.74 Å². The van der Waals surface area contributed by atoms with Crippen molar-refractivity contribution in [2.45, 2.75) is 24.2 Å². The number of hydrogen-bond donors (Lipinski definition) is 2. The molecule has 1 aromatic heterocycles. The van der Waals surface area contributed by atoms with Crippen LogP contribution in [0.5, 0.6) is 5.75 Å². The Morgan fingerprint density at radius 1 is 1.21 bits per heavy atom. The third-order valence-corrected chi connectivity index (χ3v) is 5.16. The summed E-state index contributed by atoms with van der Waals surface area (Å²) in [6.45, 7) is 4.90. The van der Waals surface area contributed by atoms with E-state index in [-0.39, 0.29) is 5.41 Å². The number of nitrogens with zero attached hydrogens (tertiary/aromatic N) is 1. The molecular weight excluding hydrogens is 318 g/mol. The Morgan fingerprint density at radius 3 is 2.67 bits per heavy atom. The van der Waals surface area contributed by atoms with Gasteiger partial charge in [-0.3, -0.25) is 0 Å². The third-order valence-electron chi connectivity index (χ3n) is 4.44. The first-order valence-corrected chi connectivity index (χ1v) is 9.13. The Labute approximate surface area is 146 Å². The Morgan fingerprint density at radius 2 is 2.00 bits per heavy atom. The van der Waals surface area contributed by atoms with E-state index in [0.717, 1.165) is 28.2 Å². The summed E-state index contributed by atoms with van der Waals surface area (Å²) in [5.74, 6) is 1.63. The number of aromatic amines is 1. The van der Waals surface area contributed by atoms with E-state index in [2.05, 4.69) is 49.4 Å². The molecule has 0 aliphatic rings. The minimum absolute atomic E-state index is 0.0596. The maximum absolute atomic E-state index is 5.90. The summed E-state index contributed by atoms with van der Waals surface area (Å²) in [6.07, 6.45) is 2.06. The van der Waals surface area contributed by atoms with Crippen molar-refractivity contribution in [2.75, 3.05) is 19.9 Å². The molecule has 24 heavy (non-hydrogen) atoms. The second-order valence-corrected chi connectivity index (χ2v) is 7.35. The second-order valence-electron chi connectivity index (χ2n) is 6.47. The first-order valence-electron chi connectivity index (χ1n) is 7.91. The molecule has 0 unspecified atom stereocenters. The van der Waals surface area contributed by atoms with Gasteiger partial charge in [0.25, 0.3) is 0 Å². The molecule has 0 bridgehead atoms. The standard InChI is InChI=1S/C19H23N3OS/c1-19(2,11-20)12-5-7-15-16(9-12)22-18(21-15)14-10-13(24-4)6-8-17(14)23-3/h5-10H,11,20H2,1-4H3,(H,21,22). The summed E-state index contributed by atoms with van der Waals surface area (Å²) < 4.78 is 5.50. The molecule has 0 atom stereocenters. The van der Waals surface area contributed by atoms with Crippen LogP contribution >= 0.6 is 11.8 Å². The Bertz CT molecular complexity index is 870. The summed E-state index contributed by atoms with van der Waals surface area (Å²) >= 11 is 1.70. The van der Waals surface area contributed by atoms with E-state index in [0.29, 0.717) is 6.54 Å². The van der Waals surface area contributed by atoms with Gasteiger partial charge in [0.2, 0.25) is 0 Å². The largest absolute Gasteiger partial charge is 0.496 e. The van der Waals surface area contributed by atoms with Gasteiger partial charge in [0, 0.05) is 16.9 Å². The van der Waals surface area contributed by atoms with E-state index < -0.39 is 0 Å². The fourth-order valence-corrected chi connectivity index (χ4v) is 3.11. The van der Waals surface area contributed by atoms with Crippen molar-refractivity contribution in [3.63, 3.8) is 0 Å². The zero-order valence-electron chi connectivity index (χ0n) is 14.5. The normalized spacial score (nSPS) is 11.9. The van der Waals surface area contributed by atoms with Gasteiger partial charge in [-0.25, -0.2) is 4.98 Å². The Hall–Kier alpha value is -1.98. The smallest absolute Gasteiger partial charge is 0.142 e. The molecule has 0 amide bonds. The van der Waals surface area contributed by atoms with Crippen molar-refractivity contribution in [2.24, 2.45) is 5.73 Å². The number of hydrogen-bond acceptors (Lipinski definition) is 4. The molecule has 3 aromatic rings. The molecule has 4 nitrogen and oxygen atoms in total. The van der Waals surface area contributed by atoms with Crippen LogP contribution < -0.4 is 10.5 Å². The summed E-state index contributed by atoms with van der Waals surface area (Å²) in [6, 6.07) is 12.4. The zero-order chi connectivity index (χ0) is 17.3. The van der Waals surface area contributed by atoms with Crippen LogP contribution in [0.3, 0.4) is 0 Å². The molecule has 1 heterocycles. The van der Waals surface area contributed by atoms with E-state index in [1.54, 1.807) is 18.9 Å². The molecule has 126 valence electrons. The zero-order valence-corrected chi connectivity index (χ0v) is 15.3. The van der Waals surface area contributed by atoms with Crippen LogP contribution in [0.2, 0.25) is 0 Å². The number of rotatable bonds is 5. The average Bonchev–Trinajstić information content (AvgIpc) is 3.04. The van der Waals surface area contributed by atoms with Crippen molar-refractivity contribution in [1.82, 2.24) is 9.97 Å². The number of methoxy groups -OCH3 is 1. The molecule has 3 rings (SSSR count). The molecule has 0 saturated heterocycles. The Balaban J connectivity index is 2.12. The number of imidazole rings is 1. The van der Waals surface area contributed by atoms with Crippen LogP contribution in [0.25, 0.3) is 22.4 Å². The van der Waals surface area contributed by atoms with Crippen molar-refractivity contribution in [3.05, 3.63) is 42.0 Å². The average molecular weight is 341 g/mol. The van der Waals surface area contributed by atoms with Crippen molar-refractivity contribution in [1.29, 1.82) is 0 Å².